The molecule has 3 rings (SSSR count). The summed E-state index contributed by atoms with van der Waals surface area (Å²) in [6.45, 7) is 0.548. The van der Waals surface area contributed by atoms with Crippen molar-refractivity contribution in [2.45, 2.75) is 25.4 Å². The summed E-state index contributed by atoms with van der Waals surface area (Å²) < 4.78 is 19.1. The number of carbonyl (C=O) groups is 1. The van der Waals surface area contributed by atoms with Gasteiger partial charge in [-0.05, 0) is 36.4 Å². The number of rotatable bonds is 5. The van der Waals surface area contributed by atoms with E-state index in [-0.39, 0.29) is 17.5 Å². The van der Waals surface area contributed by atoms with E-state index in [2.05, 4.69) is 0 Å². The predicted molar refractivity (Wildman–Crippen MR) is 80.2 cm³/mol. The summed E-state index contributed by atoms with van der Waals surface area (Å²) in [7, 11) is 1.48. The first-order valence-corrected chi connectivity index (χ1v) is 7.74. The zero-order valence-electron chi connectivity index (χ0n) is 11.7. The maximum Gasteiger partial charge on any atom is 0.257 e. The van der Waals surface area contributed by atoms with Gasteiger partial charge in [0, 0.05) is 17.0 Å². The number of halogens is 1. The lowest BCUT2D eigenvalue weighted by molar-refractivity contribution is 0.0727. The van der Waals surface area contributed by atoms with Gasteiger partial charge in [-0.2, -0.15) is 0 Å². The number of thiophene rings is 1. The van der Waals surface area contributed by atoms with Gasteiger partial charge < -0.3 is 9.64 Å². The Balaban J connectivity index is 1.84. The lowest BCUT2D eigenvalue weighted by Gasteiger charge is -2.22. The molecule has 0 N–H and O–H groups in total. The molecule has 0 spiro atoms. The van der Waals surface area contributed by atoms with Gasteiger partial charge in [-0.1, -0.05) is 6.07 Å². The van der Waals surface area contributed by atoms with E-state index in [1.807, 2.05) is 17.5 Å². The van der Waals surface area contributed by atoms with E-state index in [1.54, 1.807) is 22.3 Å². The molecule has 0 atom stereocenters. The molecule has 1 heterocycles. The molecule has 1 fully saturated rings. The first-order chi connectivity index (χ1) is 10.2. The van der Waals surface area contributed by atoms with Crippen molar-refractivity contribution in [2.75, 3.05) is 7.11 Å². The molecule has 1 aliphatic carbocycles. The molecule has 0 aliphatic heterocycles. The quantitative estimate of drug-likeness (QED) is 0.843. The molecular formula is C16H16FNO2S. The van der Waals surface area contributed by atoms with Crippen LogP contribution in [-0.4, -0.2) is 24.0 Å². The molecule has 0 saturated heterocycles. The van der Waals surface area contributed by atoms with Crippen molar-refractivity contribution < 1.29 is 13.9 Å². The zero-order valence-corrected chi connectivity index (χ0v) is 12.5. The Labute approximate surface area is 127 Å². The summed E-state index contributed by atoms with van der Waals surface area (Å²) >= 11 is 1.61. The fourth-order valence-electron chi connectivity index (χ4n) is 2.27. The Morgan fingerprint density at radius 1 is 1.43 bits per heavy atom. The number of methoxy groups -OCH3 is 1. The maximum absolute atomic E-state index is 14.1. The van der Waals surface area contributed by atoms with Crippen molar-refractivity contribution >= 4 is 17.2 Å². The molecule has 0 bridgehead atoms. The second-order valence-corrected chi connectivity index (χ2v) is 6.12. The van der Waals surface area contributed by atoms with Crippen molar-refractivity contribution in [3.63, 3.8) is 0 Å². The van der Waals surface area contributed by atoms with Crippen LogP contribution in [0.3, 0.4) is 0 Å². The lowest BCUT2D eigenvalue weighted by atomic mass is 10.1. The fourth-order valence-corrected chi connectivity index (χ4v) is 2.98. The number of hydrogen-bond acceptors (Lipinski definition) is 3. The van der Waals surface area contributed by atoms with Gasteiger partial charge in [0.2, 0.25) is 0 Å². The lowest BCUT2D eigenvalue weighted by Crippen LogP contribution is -2.32. The van der Waals surface area contributed by atoms with E-state index in [0.29, 0.717) is 12.3 Å². The molecule has 1 saturated carbocycles. The monoisotopic (exact) mass is 305 g/mol. The molecule has 5 heteroatoms. The van der Waals surface area contributed by atoms with Crippen LogP contribution in [0.2, 0.25) is 0 Å². The summed E-state index contributed by atoms with van der Waals surface area (Å²) in [5, 5.41) is 1.98. The van der Waals surface area contributed by atoms with Gasteiger partial charge in [-0.25, -0.2) is 4.39 Å². The number of nitrogens with zero attached hydrogens (tertiary/aromatic N) is 1. The highest BCUT2D eigenvalue weighted by Gasteiger charge is 2.34. The van der Waals surface area contributed by atoms with E-state index in [4.69, 9.17) is 4.74 Å². The molecule has 21 heavy (non-hydrogen) atoms. The average molecular weight is 305 g/mol. The largest absolute Gasteiger partial charge is 0.497 e. The van der Waals surface area contributed by atoms with E-state index >= 15 is 0 Å². The number of benzene rings is 1. The van der Waals surface area contributed by atoms with Crippen LogP contribution in [-0.2, 0) is 6.54 Å². The first-order valence-electron chi connectivity index (χ1n) is 6.86. The molecule has 0 radical (unpaired) electrons. The Hall–Kier alpha value is -1.88. The third-order valence-electron chi connectivity index (χ3n) is 3.56. The SMILES string of the molecule is COc1ccc(C(=O)N(Cc2cccs2)C2CC2)c(F)c1. The minimum Gasteiger partial charge on any atom is -0.497 e. The third-order valence-corrected chi connectivity index (χ3v) is 4.42. The fraction of sp³-hybridized carbons (Fsp3) is 0.312. The van der Waals surface area contributed by atoms with Crippen molar-refractivity contribution in [1.82, 2.24) is 4.90 Å². The van der Waals surface area contributed by atoms with Gasteiger partial charge in [0.25, 0.3) is 5.91 Å². The maximum atomic E-state index is 14.1. The van der Waals surface area contributed by atoms with E-state index in [0.717, 1.165) is 17.7 Å². The van der Waals surface area contributed by atoms with Crippen LogP contribution in [0.5, 0.6) is 5.75 Å². The molecule has 2 aromatic rings. The summed E-state index contributed by atoms with van der Waals surface area (Å²) in [6, 6.07) is 8.57. The van der Waals surface area contributed by atoms with Gasteiger partial charge in [-0.3, -0.25) is 4.79 Å². The van der Waals surface area contributed by atoms with Gasteiger partial charge >= 0.3 is 0 Å². The number of hydrogen-bond donors (Lipinski definition) is 0. The van der Waals surface area contributed by atoms with Crippen LogP contribution in [0.15, 0.2) is 35.7 Å². The normalized spacial score (nSPS) is 14.0. The molecular weight excluding hydrogens is 289 g/mol. The third kappa shape index (κ3) is 3.08. The number of carbonyl (C=O) groups excluding carboxylic acids is 1. The highest BCUT2D eigenvalue weighted by Crippen LogP contribution is 2.31. The van der Waals surface area contributed by atoms with Gasteiger partial charge in [0.05, 0.1) is 19.2 Å². The standard InChI is InChI=1S/C16H16FNO2S/c1-20-12-6-7-14(15(17)9-12)16(19)18(11-4-5-11)10-13-3-2-8-21-13/h2-3,6-9,11H,4-5,10H2,1H3. The van der Waals surface area contributed by atoms with Crippen LogP contribution in [0, 0.1) is 5.82 Å². The molecule has 1 amide bonds. The van der Waals surface area contributed by atoms with Crippen molar-refractivity contribution in [3.05, 3.63) is 52.0 Å². The smallest absolute Gasteiger partial charge is 0.257 e. The van der Waals surface area contributed by atoms with Crippen molar-refractivity contribution in [3.8, 4) is 5.75 Å². The highest BCUT2D eigenvalue weighted by atomic mass is 32.1. The highest BCUT2D eigenvalue weighted by molar-refractivity contribution is 7.09. The molecule has 110 valence electrons. The van der Waals surface area contributed by atoms with E-state index in [1.165, 1.54) is 19.2 Å². The molecule has 1 aromatic carbocycles. The minimum atomic E-state index is -0.531. The summed E-state index contributed by atoms with van der Waals surface area (Å²) in [6.07, 6.45) is 1.99. The van der Waals surface area contributed by atoms with Crippen LogP contribution in [0.25, 0.3) is 0 Å². The van der Waals surface area contributed by atoms with Crippen LogP contribution in [0.4, 0.5) is 4.39 Å². The Bertz CT molecular complexity index is 638. The summed E-state index contributed by atoms with van der Waals surface area (Å²) in [5.41, 5.74) is 0.110. The Morgan fingerprint density at radius 2 is 2.24 bits per heavy atom. The zero-order chi connectivity index (χ0) is 14.8. The summed E-state index contributed by atoms with van der Waals surface area (Å²) in [5.74, 6) is -0.359. The average Bonchev–Trinajstić information content (AvgIpc) is 3.20. The second kappa shape index (κ2) is 5.85. The van der Waals surface area contributed by atoms with Gasteiger partial charge in [0.1, 0.15) is 11.6 Å². The van der Waals surface area contributed by atoms with E-state index in [9.17, 15) is 9.18 Å². The molecule has 0 unspecified atom stereocenters. The van der Waals surface area contributed by atoms with Gasteiger partial charge in [-0.15, -0.1) is 11.3 Å². The van der Waals surface area contributed by atoms with Crippen LogP contribution in [0.1, 0.15) is 28.1 Å². The second-order valence-electron chi connectivity index (χ2n) is 5.09. The topological polar surface area (TPSA) is 29.5 Å². The first kappa shape index (κ1) is 14.1. The Kier molecular flexibility index (Phi) is 3.92. The van der Waals surface area contributed by atoms with Gasteiger partial charge in [0.15, 0.2) is 0 Å². The minimum absolute atomic E-state index is 0.110. The summed E-state index contributed by atoms with van der Waals surface area (Å²) in [4.78, 5) is 15.5. The molecule has 3 nitrogen and oxygen atoms in total. The predicted octanol–water partition coefficient (Wildman–Crippen LogP) is 3.70. The Morgan fingerprint density at radius 3 is 2.81 bits per heavy atom. The number of amides is 1. The van der Waals surface area contributed by atoms with Crippen molar-refractivity contribution in [1.29, 1.82) is 0 Å². The van der Waals surface area contributed by atoms with Crippen LogP contribution >= 0.6 is 11.3 Å². The van der Waals surface area contributed by atoms with Crippen LogP contribution < -0.4 is 4.74 Å². The van der Waals surface area contributed by atoms with Crippen molar-refractivity contribution in [2.24, 2.45) is 0 Å². The number of ether oxygens (including phenoxy) is 1. The van der Waals surface area contributed by atoms with E-state index < -0.39 is 5.82 Å². The molecule has 1 aliphatic rings. The molecule has 1 aromatic heterocycles.